The smallest absolute Gasteiger partial charge is 0.188 e. The number of hydrogen-bond donors (Lipinski definition) is 1. The summed E-state index contributed by atoms with van der Waals surface area (Å²) in [5.74, 6) is 0.736. The monoisotopic (exact) mass is 496 g/mol. The Hall–Kier alpha value is -2.68. The second-order valence-electron chi connectivity index (χ2n) is 9.16. The van der Waals surface area contributed by atoms with Crippen LogP contribution in [0.1, 0.15) is 36.5 Å². The van der Waals surface area contributed by atoms with Gasteiger partial charge in [0.05, 0.1) is 32.2 Å². The highest BCUT2D eigenvalue weighted by Crippen LogP contribution is 2.35. The molecule has 2 aromatic rings. The molecule has 2 heterocycles. The summed E-state index contributed by atoms with van der Waals surface area (Å²) in [5, 5.41) is 9.52. The minimum Gasteiger partial charge on any atom is -0.494 e. The maximum absolute atomic E-state index is 9.52. The molecule has 1 N–H and O–H groups in total. The minimum absolute atomic E-state index is 0.0905. The fraction of sp³-hybridized carbons (Fsp3) is 0.448. The summed E-state index contributed by atoms with van der Waals surface area (Å²) in [6, 6.07) is 16.0. The van der Waals surface area contributed by atoms with Crippen molar-refractivity contribution in [2.75, 3.05) is 26.6 Å². The highest BCUT2D eigenvalue weighted by Gasteiger charge is 2.50. The Morgan fingerprint density at radius 1 is 0.972 bits per heavy atom. The number of hydrogen-bond acceptors (Lipinski definition) is 7. The Balaban J connectivity index is 1.20. The molecule has 2 aliphatic heterocycles. The summed E-state index contributed by atoms with van der Waals surface area (Å²) in [5.41, 5.74) is 3.24. The van der Waals surface area contributed by atoms with Gasteiger partial charge < -0.3 is 23.7 Å². The van der Waals surface area contributed by atoms with Gasteiger partial charge in [0, 0.05) is 5.92 Å². The van der Waals surface area contributed by atoms with Crippen LogP contribution in [0.15, 0.2) is 60.9 Å². The second-order valence-corrected chi connectivity index (χ2v) is 9.16. The molecule has 0 amide bonds. The molecule has 2 aromatic carbocycles. The normalized spacial score (nSPS) is 24.4. The Kier molecular flexibility index (Phi) is 9.95. The van der Waals surface area contributed by atoms with Gasteiger partial charge >= 0.3 is 0 Å². The fourth-order valence-corrected chi connectivity index (χ4v) is 4.36. The predicted octanol–water partition coefficient (Wildman–Crippen LogP) is 5.49. The lowest BCUT2D eigenvalue weighted by atomic mass is 9.94. The van der Waals surface area contributed by atoms with Gasteiger partial charge in [0.15, 0.2) is 6.79 Å². The first-order valence-corrected chi connectivity index (χ1v) is 12.6. The molecule has 0 spiro atoms. The molecule has 1 unspecified atom stereocenters. The van der Waals surface area contributed by atoms with Gasteiger partial charge in [-0.15, -0.1) is 0 Å². The van der Waals surface area contributed by atoms with Gasteiger partial charge in [0.1, 0.15) is 24.1 Å². The first-order chi connectivity index (χ1) is 17.7. The van der Waals surface area contributed by atoms with Crippen LogP contribution in [0, 0.1) is 12.8 Å². The van der Waals surface area contributed by atoms with Crippen LogP contribution in [0.25, 0.3) is 12.2 Å². The minimum atomic E-state index is -0.539. The Morgan fingerprint density at radius 2 is 1.69 bits per heavy atom. The molecule has 4 rings (SSSR count). The van der Waals surface area contributed by atoms with Gasteiger partial charge in [0.2, 0.25) is 0 Å². The average Bonchev–Trinajstić information content (AvgIpc) is 3.49. The van der Waals surface area contributed by atoms with E-state index in [4.69, 9.17) is 28.6 Å². The number of rotatable bonds is 13. The van der Waals surface area contributed by atoms with E-state index in [1.165, 1.54) is 5.56 Å². The van der Waals surface area contributed by atoms with Crippen molar-refractivity contribution in [2.24, 2.45) is 5.92 Å². The molecule has 0 aromatic heterocycles. The molecule has 0 aliphatic carbocycles. The number of benzene rings is 2. The van der Waals surface area contributed by atoms with Gasteiger partial charge in [-0.1, -0.05) is 67.5 Å². The number of ether oxygens (including phenoxy) is 5. The van der Waals surface area contributed by atoms with Gasteiger partial charge in [-0.2, -0.15) is 0 Å². The summed E-state index contributed by atoms with van der Waals surface area (Å²) in [6.07, 6.45) is 8.21. The topological polar surface area (TPSA) is 75.6 Å². The Bertz CT molecular complexity index is 970. The summed E-state index contributed by atoms with van der Waals surface area (Å²) < 4.78 is 29.0. The van der Waals surface area contributed by atoms with Crippen molar-refractivity contribution in [3.63, 3.8) is 0 Å². The molecule has 36 heavy (non-hydrogen) atoms. The van der Waals surface area contributed by atoms with Crippen LogP contribution >= 0.6 is 0 Å². The predicted molar refractivity (Wildman–Crippen MR) is 137 cm³/mol. The third-order valence-electron chi connectivity index (χ3n) is 6.50. The Labute approximate surface area is 213 Å². The molecule has 7 heteroatoms. The van der Waals surface area contributed by atoms with E-state index in [1.54, 1.807) is 6.26 Å². The molecule has 2 fully saturated rings. The number of unbranched alkanes of at least 4 members (excludes halogenated alkanes) is 1. The summed E-state index contributed by atoms with van der Waals surface area (Å²) in [7, 11) is 0. The first kappa shape index (κ1) is 26.4. The van der Waals surface area contributed by atoms with Crippen molar-refractivity contribution in [3.05, 3.63) is 77.6 Å². The van der Waals surface area contributed by atoms with Crippen LogP contribution in [-0.2, 0) is 23.8 Å². The molecule has 7 nitrogen and oxygen atoms in total. The van der Waals surface area contributed by atoms with Gasteiger partial charge in [-0.25, -0.2) is 4.89 Å². The van der Waals surface area contributed by atoms with Crippen molar-refractivity contribution < 1.29 is 33.8 Å². The van der Waals surface area contributed by atoms with E-state index in [2.05, 4.69) is 6.92 Å². The molecule has 0 saturated carbocycles. The zero-order chi connectivity index (χ0) is 25.2. The van der Waals surface area contributed by atoms with Crippen LogP contribution in [0.3, 0.4) is 0 Å². The van der Waals surface area contributed by atoms with E-state index in [0.29, 0.717) is 13.2 Å². The summed E-state index contributed by atoms with van der Waals surface area (Å²) in [4.78, 5) is 4.78. The van der Waals surface area contributed by atoms with E-state index < -0.39 is 6.10 Å². The van der Waals surface area contributed by atoms with E-state index in [1.807, 2.05) is 73.7 Å². The van der Waals surface area contributed by atoms with Crippen molar-refractivity contribution in [2.45, 2.75) is 51.1 Å². The molecule has 5 atom stereocenters. The molecule has 2 saturated heterocycles. The molecule has 0 bridgehead atoms. The molecule has 2 aliphatic rings. The lowest BCUT2D eigenvalue weighted by molar-refractivity contribution is -0.280. The lowest BCUT2D eigenvalue weighted by Crippen LogP contribution is -2.35. The molecule has 194 valence electrons. The summed E-state index contributed by atoms with van der Waals surface area (Å²) in [6.45, 7) is 5.83. The molecular formula is C29H36O7. The number of aryl methyl sites for hydroxylation is 1. The standard InChI is InChI=1S/C29H36O7/c1-3-4-16-32-24-12-9-23(10-13-24)15-17-31-20-35-27-19-34-28-25(18-33-29(27)28)26(36-30)14-11-22-7-5-21(2)6-8-22/h5-15,17,25-30H,3-4,16,18-20H2,1-2H3/b14-11+,17-15+/t25-,26?,27+,28+,29+/m0/s1. The third-order valence-corrected chi connectivity index (χ3v) is 6.50. The quantitative estimate of drug-likeness (QED) is 0.129. The number of fused-ring (bicyclic) bond motifs is 1. The van der Waals surface area contributed by atoms with E-state index >= 15 is 0 Å². The van der Waals surface area contributed by atoms with Crippen molar-refractivity contribution in [1.82, 2.24) is 0 Å². The first-order valence-electron chi connectivity index (χ1n) is 12.6. The Morgan fingerprint density at radius 3 is 2.44 bits per heavy atom. The van der Waals surface area contributed by atoms with Crippen molar-refractivity contribution >= 4 is 12.2 Å². The molecular weight excluding hydrogens is 460 g/mol. The maximum atomic E-state index is 9.52. The maximum Gasteiger partial charge on any atom is 0.188 e. The average molecular weight is 497 g/mol. The van der Waals surface area contributed by atoms with Crippen LogP contribution in [0.4, 0.5) is 0 Å². The summed E-state index contributed by atoms with van der Waals surface area (Å²) >= 11 is 0. The van der Waals surface area contributed by atoms with Gasteiger partial charge in [-0.05, 0) is 42.7 Å². The van der Waals surface area contributed by atoms with Gasteiger partial charge in [0.25, 0.3) is 0 Å². The SMILES string of the molecule is CCCCOc1ccc(/C=C/OCO[C@@H]2CO[C@H]3[C@@H]2OC[C@H]3C(/C=C/c2ccc(C)cc2)OO)cc1. The highest BCUT2D eigenvalue weighted by molar-refractivity contribution is 5.50. The lowest BCUT2D eigenvalue weighted by Gasteiger charge is -2.21. The zero-order valence-corrected chi connectivity index (χ0v) is 21.0. The van der Waals surface area contributed by atoms with E-state index in [0.717, 1.165) is 36.3 Å². The zero-order valence-electron chi connectivity index (χ0n) is 21.0. The second kappa shape index (κ2) is 13.6. The van der Waals surface area contributed by atoms with Gasteiger partial charge in [-0.3, -0.25) is 5.26 Å². The van der Waals surface area contributed by atoms with Crippen LogP contribution in [-0.4, -0.2) is 56.3 Å². The van der Waals surface area contributed by atoms with Crippen LogP contribution in [0.2, 0.25) is 0 Å². The van der Waals surface area contributed by atoms with Crippen molar-refractivity contribution in [1.29, 1.82) is 0 Å². The third kappa shape index (κ3) is 7.18. The van der Waals surface area contributed by atoms with Crippen molar-refractivity contribution in [3.8, 4) is 5.75 Å². The fourth-order valence-electron chi connectivity index (χ4n) is 4.36. The largest absolute Gasteiger partial charge is 0.494 e. The van der Waals surface area contributed by atoms with E-state index in [-0.39, 0.29) is 31.0 Å². The molecule has 0 radical (unpaired) electrons. The van der Waals surface area contributed by atoms with Crippen LogP contribution in [0.5, 0.6) is 5.75 Å². The highest BCUT2D eigenvalue weighted by atomic mass is 17.1. The van der Waals surface area contributed by atoms with E-state index in [9.17, 15) is 5.26 Å². The van der Waals surface area contributed by atoms with Crippen LogP contribution < -0.4 is 4.74 Å².